The lowest BCUT2D eigenvalue weighted by Crippen LogP contribution is -2.07. The van der Waals surface area contributed by atoms with Gasteiger partial charge in [-0.1, -0.05) is 0 Å². The van der Waals surface area contributed by atoms with Crippen molar-refractivity contribution in [1.29, 1.82) is 0 Å². The monoisotopic (exact) mass is 258 g/mol. The van der Waals surface area contributed by atoms with Crippen LogP contribution in [0.5, 0.6) is 0 Å². The van der Waals surface area contributed by atoms with Gasteiger partial charge < -0.3 is 4.74 Å². The largest absolute Gasteiger partial charge is 0.462 e. The van der Waals surface area contributed by atoms with Crippen molar-refractivity contribution in [3.63, 3.8) is 0 Å². The van der Waals surface area contributed by atoms with Crippen molar-refractivity contribution in [3.8, 4) is 0 Å². The summed E-state index contributed by atoms with van der Waals surface area (Å²) >= 11 is 0. The van der Waals surface area contributed by atoms with Crippen molar-refractivity contribution in [2.45, 2.75) is 13.1 Å². The molecule has 0 saturated carbocycles. The molecule has 18 heavy (non-hydrogen) atoms. The van der Waals surface area contributed by atoms with Crippen molar-refractivity contribution in [2.75, 3.05) is 6.61 Å². The number of ether oxygens (including phenoxy) is 1. The first-order valence-corrected chi connectivity index (χ1v) is 5.15. The molecule has 0 radical (unpaired) electrons. The van der Waals surface area contributed by atoms with Gasteiger partial charge in [0.15, 0.2) is 0 Å². The number of halogens is 3. The molecule has 0 unspecified atom stereocenters. The first-order valence-electron chi connectivity index (χ1n) is 5.15. The van der Waals surface area contributed by atoms with E-state index < -0.39 is 17.7 Å². The molecular formula is C11H9F3N2O2. The van der Waals surface area contributed by atoms with Crippen LogP contribution < -0.4 is 0 Å². The van der Waals surface area contributed by atoms with E-state index in [0.29, 0.717) is 0 Å². The highest BCUT2D eigenvalue weighted by atomic mass is 19.4. The Hall–Kier alpha value is -2.05. The van der Waals surface area contributed by atoms with Crippen molar-refractivity contribution in [1.82, 2.24) is 9.61 Å². The molecule has 0 amide bonds. The Kier molecular flexibility index (Phi) is 2.98. The molecule has 0 N–H and O–H groups in total. The topological polar surface area (TPSA) is 43.6 Å². The van der Waals surface area contributed by atoms with E-state index in [1.165, 1.54) is 10.7 Å². The molecule has 0 aliphatic rings. The minimum absolute atomic E-state index is 0.0166. The van der Waals surface area contributed by atoms with Gasteiger partial charge in [-0.15, -0.1) is 0 Å². The molecule has 0 bridgehead atoms. The fourth-order valence-electron chi connectivity index (χ4n) is 1.52. The number of nitrogens with zero attached hydrogens (tertiary/aromatic N) is 2. The van der Waals surface area contributed by atoms with Crippen LogP contribution in [-0.2, 0) is 10.9 Å². The normalized spacial score (nSPS) is 11.8. The van der Waals surface area contributed by atoms with Crippen LogP contribution in [0.2, 0.25) is 0 Å². The Bertz CT molecular complexity index is 589. The van der Waals surface area contributed by atoms with Gasteiger partial charge in [-0.25, -0.2) is 9.31 Å². The van der Waals surface area contributed by atoms with E-state index >= 15 is 0 Å². The number of alkyl halides is 3. The zero-order valence-electron chi connectivity index (χ0n) is 9.36. The molecule has 4 nitrogen and oxygen atoms in total. The van der Waals surface area contributed by atoms with Crippen LogP contribution in [0.25, 0.3) is 5.52 Å². The zero-order valence-corrected chi connectivity index (χ0v) is 9.36. The van der Waals surface area contributed by atoms with Crippen molar-refractivity contribution in [2.24, 2.45) is 0 Å². The Morgan fingerprint density at radius 2 is 2.22 bits per heavy atom. The van der Waals surface area contributed by atoms with Gasteiger partial charge in [0.25, 0.3) is 0 Å². The van der Waals surface area contributed by atoms with E-state index in [4.69, 9.17) is 4.74 Å². The average molecular weight is 258 g/mol. The molecule has 0 aromatic carbocycles. The first kappa shape index (κ1) is 12.4. The number of esters is 1. The van der Waals surface area contributed by atoms with Crippen molar-refractivity contribution in [3.05, 3.63) is 35.7 Å². The number of aromatic nitrogens is 2. The number of hydrogen-bond acceptors (Lipinski definition) is 3. The summed E-state index contributed by atoms with van der Waals surface area (Å²) in [5.74, 6) is -0.688. The molecule has 7 heteroatoms. The summed E-state index contributed by atoms with van der Waals surface area (Å²) in [5, 5.41) is 3.79. The molecular weight excluding hydrogens is 249 g/mol. The number of carbonyl (C=O) groups excluding carboxylic acids is 1. The van der Waals surface area contributed by atoms with Gasteiger partial charge >= 0.3 is 12.1 Å². The summed E-state index contributed by atoms with van der Waals surface area (Å²) in [6, 6.07) is 1.77. The van der Waals surface area contributed by atoms with E-state index in [2.05, 4.69) is 5.10 Å². The fraction of sp³-hybridized carbons (Fsp3) is 0.273. The van der Waals surface area contributed by atoms with E-state index in [0.717, 1.165) is 18.3 Å². The summed E-state index contributed by atoms with van der Waals surface area (Å²) in [5.41, 5.74) is -0.743. The summed E-state index contributed by atoms with van der Waals surface area (Å²) in [6.07, 6.45) is -2.12. The lowest BCUT2D eigenvalue weighted by atomic mass is 10.2. The second kappa shape index (κ2) is 4.32. The molecule has 0 aliphatic carbocycles. The highest BCUT2D eigenvalue weighted by molar-refractivity contribution is 5.96. The maximum Gasteiger partial charge on any atom is 0.416 e. The second-order valence-corrected chi connectivity index (χ2v) is 3.52. The molecule has 0 atom stereocenters. The van der Waals surface area contributed by atoms with Crippen LogP contribution in [0.15, 0.2) is 24.5 Å². The second-order valence-electron chi connectivity index (χ2n) is 3.52. The van der Waals surface area contributed by atoms with Crippen LogP contribution >= 0.6 is 0 Å². The zero-order chi connectivity index (χ0) is 13.3. The Morgan fingerprint density at radius 1 is 1.50 bits per heavy atom. The van der Waals surface area contributed by atoms with E-state index in [-0.39, 0.29) is 17.7 Å². The third kappa shape index (κ3) is 2.15. The van der Waals surface area contributed by atoms with Crippen LogP contribution in [0, 0.1) is 0 Å². The number of hydrogen-bond donors (Lipinski definition) is 0. The number of rotatable bonds is 2. The lowest BCUT2D eigenvalue weighted by molar-refractivity contribution is -0.137. The van der Waals surface area contributed by atoms with Gasteiger partial charge in [0.2, 0.25) is 0 Å². The van der Waals surface area contributed by atoms with E-state index in [1.807, 2.05) is 0 Å². The Morgan fingerprint density at radius 3 is 2.83 bits per heavy atom. The standard InChI is InChI=1S/C11H9F3N2O2/c1-2-18-10(17)8-6-15-16-4-3-7(5-9(8)16)11(12,13)14/h3-6H,2H2,1H3. The molecule has 0 spiro atoms. The highest BCUT2D eigenvalue weighted by Crippen LogP contribution is 2.30. The Balaban J connectivity index is 2.53. The summed E-state index contributed by atoms with van der Waals surface area (Å²) < 4.78 is 43.6. The Labute approximate surface area is 100.0 Å². The molecule has 0 fully saturated rings. The molecule has 2 aromatic heterocycles. The van der Waals surface area contributed by atoms with Gasteiger partial charge in [0, 0.05) is 6.20 Å². The predicted octanol–water partition coefficient (Wildman–Crippen LogP) is 2.53. The number of pyridine rings is 1. The molecule has 0 aliphatic heterocycles. The van der Waals surface area contributed by atoms with Gasteiger partial charge in [0.05, 0.1) is 23.9 Å². The molecule has 0 saturated heterocycles. The SMILES string of the molecule is CCOC(=O)c1cnn2ccc(C(F)(F)F)cc12. The van der Waals surface area contributed by atoms with Crippen LogP contribution in [-0.4, -0.2) is 22.2 Å². The third-order valence-electron chi connectivity index (χ3n) is 2.34. The maximum atomic E-state index is 12.6. The highest BCUT2D eigenvalue weighted by Gasteiger charge is 2.31. The summed E-state index contributed by atoms with van der Waals surface area (Å²) in [4.78, 5) is 11.5. The first-order chi connectivity index (χ1) is 8.43. The van der Waals surface area contributed by atoms with Gasteiger partial charge in [0.1, 0.15) is 5.56 Å². The molecule has 2 heterocycles. The van der Waals surface area contributed by atoms with Gasteiger partial charge in [-0.2, -0.15) is 18.3 Å². The van der Waals surface area contributed by atoms with E-state index in [1.54, 1.807) is 6.92 Å². The quantitative estimate of drug-likeness (QED) is 0.777. The smallest absolute Gasteiger partial charge is 0.416 e. The minimum Gasteiger partial charge on any atom is -0.462 e. The number of fused-ring (bicyclic) bond motifs is 1. The van der Waals surface area contributed by atoms with Gasteiger partial charge in [-0.05, 0) is 19.1 Å². The lowest BCUT2D eigenvalue weighted by Gasteiger charge is -2.07. The van der Waals surface area contributed by atoms with Crippen molar-refractivity contribution >= 4 is 11.5 Å². The maximum absolute atomic E-state index is 12.6. The fourth-order valence-corrected chi connectivity index (χ4v) is 1.52. The minimum atomic E-state index is -4.46. The van der Waals surface area contributed by atoms with E-state index in [9.17, 15) is 18.0 Å². The molecule has 2 rings (SSSR count). The predicted molar refractivity (Wildman–Crippen MR) is 56.2 cm³/mol. The molecule has 96 valence electrons. The average Bonchev–Trinajstić information content (AvgIpc) is 2.70. The van der Waals surface area contributed by atoms with Crippen LogP contribution in [0.1, 0.15) is 22.8 Å². The van der Waals surface area contributed by atoms with Crippen LogP contribution in [0.4, 0.5) is 13.2 Å². The summed E-state index contributed by atoms with van der Waals surface area (Å²) in [7, 11) is 0. The third-order valence-corrected chi connectivity index (χ3v) is 2.34. The molecule has 2 aromatic rings. The van der Waals surface area contributed by atoms with Crippen LogP contribution in [0.3, 0.4) is 0 Å². The number of carbonyl (C=O) groups is 1. The van der Waals surface area contributed by atoms with Crippen molar-refractivity contribution < 1.29 is 22.7 Å². The van der Waals surface area contributed by atoms with Gasteiger partial charge in [-0.3, -0.25) is 0 Å². The summed E-state index contributed by atoms with van der Waals surface area (Å²) in [6.45, 7) is 1.76.